The van der Waals surface area contributed by atoms with Gasteiger partial charge in [-0.15, -0.1) is 0 Å². The Morgan fingerprint density at radius 2 is 1.61 bits per heavy atom. The van der Waals surface area contributed by atoms with Gasteiger partial charge in [0.2, 0.25) is 0 Å². The maximum absolute atomic E-state index is 8.81. The van der Waals surface area contributed by atoms with Crippen LogP contribution in [0.2, 0.25) is 0 Å². The molecule has 1 aromatic heterocycles. The Hall–Kier alpha value is -0.975. The van der Waals surface area contributed by atoms with Crippen LogP contribution in [0.5, 0.6) is 0 Å². The van der Waals surface area contributed by atoms with Crippen LogP contribution in [0.3, 0.4) is 0 Å². The van der Waals surface area contributed by atoms with Gasteiger partial charge >= 0.3 is 7.12 Å². The van der Waals surface area contributed by atoms with Gasteiger partial charge in [0.25, 0.3) is 0 Å². The van der Waals surface area contributed by atoms with E-state index >= 15 is 0 Å². The summed E-state index contributed by atoms with van der Waals surface area (Å²) in [6.07, 6.45) is 3.85. The van der Waals surface area contributed by atoms with Crippen LogP contribution in [0.25, 0.3) is 0 Å². The van der Waals surface area contributed by atoms with Crippen molar-refractivity contribution < 1.29 is 14.4 Å². The Morgan fingerprint density at radius 3 is 2.06 bits per heavy atom. The molecule has 2 rings (SSSR count). The van der Waals surface area contributed by atoms with Crippen molar-refractivity contribution in [2.75, 3.05) is 6.61 Å². The van der Waals surface area contributed by atoms with Crippen molar-refractivity contribution in [2.45, 2.75) is 45.3 Å². The van der Waals surface area contributed by atoms with E-state index < -0.39 is 7.12 Å². The minimum Gasteiger partial charge on any atom is -0.399 e. The van der Waals surface area contributed by atoms with Gasteiger partial charge in [0.15, 0.2) is 0 Å². The average molecular weight is 250 g/mol. The van der Waals surface area contributed by atoms with E-state index in [2.05, 4.69) is 9.97 Å². The van der Waals surface area contributed by atoms with Crippen LogP contribution in [-0.2, 0) is 15.7 Å². The summed E-state index contributed by atoms with van der Waals surface area (Å²) in [4.78, 5) is 8.35. The Morgan fingerprint density at radius 1 is 1.11 bits per heavy atom. The number of hydrogen-bond acceptors (Lipinski definition) is 5. The van der Waals surface area contributed by atoms with E-state index in [1.54, 1.807) is 12.4 Å². The standard InChI is InChI=1S/C12H19BN2O3/c1-11(2)12(3,4)18-13(17-11)9-7-14-10(5-6-16)15-8-9/h7-8,16H,5-6H2,1-4H3. The first kappa shape index (κ1) is 13.5. The molecule has 6 heteroatoms. The summed E-state index contributed by atoms with van der Waals surface area (Å²) in [5.41, 5.74) is 0.0819. The van der Waals surface area contributed by atoms with Gasteiger partial charge in [-0.05, 0) is 27.7 Å². The van der Waals surface area contributed by atoms with Gasteiger partial charge < -0.3 is 14.4 Å². The molecule has 0 aliphatic carbocycles. The third-order valence-corrected chi connectivity index (χ3v) is 3.59. The highest BCUT2D eigenvalue weighted by atomic mass is 16.7. The molecular weight excluding hydrogens is 231 g/mol. The number of hydrogen-bond donors (Lipinski definition) is 1. The van der Waals surface area contributed by atoms with E-state index in [-0.39, 0.29) is 17.8 Å². The van der Waals surface area contributed by atoms with E-state index in [0.717, 1.165) is 5.46 Å². The molecule has 0 amide bonds. The fourth-order valence-corrected chi connectivity index (χ4v) is 1.69. The maximum Gasteiger partial charge on any atom is 0.498 e. The Balaban J connectivity index is 2.14. The smallest absolute Gasteiger partial charge is 0.399 e. The van der Waals surface area contributed by atoms with Crippen molar-refractivity contribution >= 4 is 12.6 Å². The molecule has 1 aliphatic heterocycles. The SMILES string of the molecule is CC1(C)OB(c2cnc(CCO)nc2)OC1(C)C. The second-order valence-electron chi connectivity index (χ2n) is 5.49. The summed E-state index contributed by atoms with van der Waals surface area (Å²) in [5.74, 6) is 0.623. The lowest BCUT2D eigenvalue weighted by Crippen LogP contribution is -2.41. The predicted molar refractivity (Wildman–Crippen MR) is 68.5 cm³/mol. The lowest BCUT2D eigenvalue weighted by atomic mass is 9.81. The van der Waals surface area contributed by atoms with Gasteiger partial charge in [0.05, 0.1) is 17.8 Å². The monoisotopic (exact) mass is 250 g/mol. The largest absolute Gasteiger partial charge is 0.498 e. The lowest BCUT2D eigenvalue weighted by Gasteiger charge is -2.32. The van der Waals surface area contributed by atoms with Gasteiger partial charge in [-0.1, -0.05) is 0 Å². The maximum atomic E-state index is 8.81. The highest BCUT2D eigenvalue weighted by molar-refractivity contribution is 6.61. The van der Waals surface area contributed by atoms with Crippen molar-refractivity contribution in [1.29, 1.82) is 0 Å². The first-order valence-electron chi connectivity index (χ1n) is 6.13. The second kappa shape index (κ2) is 4.61. The molecule has 0 aromatic carbocycles. The number of rotatable bonds is 3. The van der Waals surface area contributed by atoms with E-state index in [1.807, 2.05) is 27.7 Å². The van der Waals surface area contributed by atoms with Crippen LogP contribution in [0.15, 0.2) is 12.4 Å². The first-order chi connectivity index (χ1) is 8.36. The third kappa shape index (κ3) is 2.41. The zero-order valence-electron chi connectivity index (χ0n) is 11.3. The molecule has 0 saturated carbocycles. The van der Waals surface area contributed by atoms with E-state index in [4.69, 9.17) is 14.4 Å². The molecule has 18 heavy (non-hydrogen) atoms. The summed E-state index contributed by atoms with van der Waals surface area (Å²) in [6, 6.07) is 0. The lowest BCUT2D eigenvalue weighted by molar-refractivity contribution is 0.00578. The third-order valence-electron chi connectivity index (χ3n) is 3.59. The van der Waals surface area contributed by atoms with Crippen molar-refractivity contribution in [1.82, 2.24) is 9.97 Å². The topological polar surface area (TPSA) is 64.5 Å². The Kier molecular flexibility index (Phi) is 3.44. The van der Waals surface area contributed by atoms with Crippen LogP contribution >= 0.6 is 0 Å². The van der Waals surface area contributed by atoms with Gasteiger partial charge in [-0.25, -0.2) is 9.97 Å². The summed E-state index contributed by atoms with van der Waals surface area (Å²) >= 11 is 0. The molecule has 1 N–H and O–H groups in total. The number of aliphatic hydroxyl groups is 1. The van der Waals surface area contributed by atoms with Gasteiger partial charge in [-0.2, -0.15) is 0 Å². The van der Waals surface area contributed by atoms with Crippen molar-refractivity contribution in [3.63, 3.8) is 0 Å². The molecule has 1 aliphatic rings. The van der Waals surface area contributed by atoms with E-state index in [9.17, 15) is 0 Å². The van der Waals surface area contributed by atoms with Gasteiger partial charge in [0.1, 0.15) is 5.82 Å². The molecule has 98 valence electrons. The van der Waals surface area contributed by atoms with Crippen LogP contribution in [0.1, 0.15) is 33.5 Å². The molecule has 5 nitrogen and oxygen atoms in total. The Bertz CT molecular complexity index is 404. The molecule has 2 heterocycles. The highest BCUT2D eigenvalue weighted by Crippen LogP contribution is 2.36. The molecule has 0 spiro atoms. The van der Waals surface area contributed by atoms with Crippen LogP contribution in [-0.4, -0.2) is 40.0 Å². The van der Waals surface area contributed by atoms with Crippen LogP contribution < -0.4 is 5.46 Å². The second-order valence-corrected chi connectivity index (χ2v) is 5.49. The number of aromatic nitrogens is 2. The van der Waals surface area contributed by atoms with Gasteiger partial charge in [0, 0.05) is 24.3 Å². The first-order valence-corrected chi connectivity index (χ1v) is 6.13. The van der Waals surface area contributed by atoms with E-state index in [0.29, 0.717) is 12.2 Å². The summed E-state index contributed by atoms with van der Waals surface area (Å²) in [7, 11) is -0.432. The summed E-state index contributed by atoms with van der Waals surface area (Å²) in [6.45, 7) is 8.08. The summed E-state index contributed by atoms with van der Waals surface area (Å²) < 4.78 is 11.8. The van der Waals surface area contributed by atoms with Crippen LogP contribution in [0, 0.1) is 0 Å². The minimum atomic E-state index is -0.432. The number of aliphatic hydroxyl groups excluding tert-OH is 1. The highest BCUT2D eigenvalue weighted by Gasteiger charge is 2.51. The number of nitrogens with zero attached hydrogens (tertiary/aromatic N) is 2. The molecule has 0 atom stereocenters. The molecular formula is C12H19BN2O3. The quantitative estimate of drug-likeness (QED) is 0.782. The average Bonchev–Trinajstić information content (AvgIpc) is 2.50. The van der Waals surface area contributed by atoms with Gasteiger partial charge in [-0.3, -0.25) is 0 Å². The van der Waals surface area contributed by atoms with Crippen LogP contribution in [0.4, 0.5) is 0 Å². The minimum absolute atomic E-state index is 0.0514. The molecule has 1 saturated heterocycles. The molecule has 1 aromatic rings. The van der Waals surface area contributed by atoms with Crippen molar-refractivity contribution in [3.8, 4) is 0 Å². The van der Waals surface area contributed by atoms with E-state index in [1.165, 1.54) is 0 Å². The zero-order chi connectivity index (χ0) is 13.4. The fraction of sp³-hybridized carbons (Fsp3) is 0.667. The normalized spacial score (nSPS) is 21.3. The molecule has 0 bridgehead atoms. The summed E-state index contributed by atoms with van der Waals surface area (Å²) in [5, 5.41) is 8.81. The molecule has 0 unspecified atom stereocenters. The Labute approximate surface area is 108 Å². The van der Waals surface area contributed by atoms with Crippen molar-refractivity contribution in [2.24, 2.45) is 0 Å². The van der Waals surface area contributed by atoms with Crippen molar-refractivity contribution in [3.05, 3.63) is 18.2 Å². The zero-order valence-corrected chi connectivity index (χ0v) is 11.3. The molecule has 0 radical (unpaired) electrons. The molecule has 1 fully saturated rings. The fourth-order valence-electron chi connectivity index (χ4n) is 1.69. The predicted octanol–water partition coefficient (Wildman–Crippen LogP) is 0.311.